The second-order valence-electron chi connectivity index (χ2n) is 6.39. The van der Waals surface area contributed by atoms with Gasteiger partial charge in [-0.25, -0.2) is 9.97 Å². The molecule has 0 bridgehead atoms. The lowest BCUT2D eigenvalue weighted by atomic mass is 10.0. The van der Waals surface area contributed by atoms with Gasteiger partial charge in [0.1, 0.15) is 18.0 Å². The number of aliphatic hydroxyl groups is 1. The minimum Gasteiger partial charge on any atom is -0.396 e. The fourth-order valence-corrected chi connectivity index (χ4v) is 3.39. The van der Waals surface area contributed by atoms with E-state index in [0.29, 0.717) is 26.1 Å². The first kappa shape index (κ1) is 16.9. The highest BCUT2D eigenvalue weighted by Crippen LogP contribution is 2.29. The Balaban J connectivity index is 1.87. The molecule has 0 spiro atoms. The van der Waals surface area contributed by atoms with Crippen LogP contribution in [0.1, 0.15) is 24.8 Å². The summed E-state index contributed by atoms with van der Waals surface area (Å²) in [5.41, 5.74) is 0.960. The number of carbonyl (C=O) groups is 1. The van der Waals surface area contributed by atoms with Gasteiger partial charge in [0.25, 0.3) is 0 Å². The third kappa shape index (κ3) is 3.59. The lowest BCUT2D eigenvalue weighted by molar-refractivity contribution is -0.133. The van der Waals surface area contributed by atoms with Gasteiger partial charge in [0.05, 0.1) is 18.7 Å². The largest absolute Gasteiger partial charge is 0.396 e. The van der Waals surface area contributed by atoms with E-state index in [1.54, 1.807) is 0 Å². The SMILES string of the molecule is CN1CC(=O)N(C2CCNCC2)Cc2c(NCCCO)ncnc21. The van der Waals surface area contributed by atoms with Crippen molar-refractivity contribution in [1.29, 1.82) is 0 Å². The molecule has 1 fully saturated rings. The third-order valence-electron chi connectivity index (χ3n) is 4.68. The van der Waals surface area contributed by atoms with Gasteiger partial charge in [-0.2, -0.15) is 0 Å². The van der Waals surface area contributed by atoms with Crippen LogP contribution in [0, 0.1) is 0 Å². The Morgan fingerprint density at radius 3 is 2.88 bits per heavy atom. The maximum absolute atomic E-state index is 12.7. The standard InChI is InChI=1S/C16H26N6O2/c1-21-10-14(24)22(12-3-6-17-7-4-12)9-13-15(18-5-2-8-23)19-11-20-16(13)21/h11-12,17,23H,2-10H2,1H3,(H,18,19,20). The maximum Gasteiger partial charge on any atom is 0.242 e. The average molecular weight is 334 g/mol. The number of hydrogen-bond donors (Lipinski definition) is 3. The van der Waals surface area contributed by atoms with E-state index in [0.717, 1.165) is 43.1 Å². The van der Waals surface area contributed by atoms with Crippen molar-refractivity contribution in [3.05, 3.63) is 11.9 Å². The molecule has 0 saturated carbocycles. The summed E-state index contributed by atoms with van der Waals surface area (Å²) >= 11 is 0. The number of likely N-dealkylation sites (N-methyl/N-ethyl adjacent to an activating group) is 1. The second-order valence-corrected chi connectivity index (χ2v) is 6.39. The van der Waals surface area contributed by atoms with E-state index in [2.05, 4.69) is 20.6 Å². The van der Waals surface area contributed by atoms with Gasteiger partial charge in [0.2, 0.25) is 5.91 Å². The summed E-state index contributed by atoms with van der Waals surface area (Å²) in [6.07, 6.45) is 4.14. The summed E-state index contributed by atoms with van der Waals surface area (Å²) in [5, 5.41) is 15.6. The monoisotopic (exact) mass is 334 g/mol. The van der Waals surface area contributed by atoms with Crippen LogP contribution in [0.5, 0.6) is 0 Å². The molecule has 1 amide bonds. The lowest BCUT2D eigenvalue weighted by Crippen LogP contribution is -2.47. The van der Waals surface area contributed by atoms with E-state index in [9.17, 15) is 4.79 Å². The number of anilines is 2. The van der Waals surface area contributed by atoms with E-state index in [1.165, 1.54) is 6.33 Å². The van der Waals surface area contributed by atoms with Crippen molar-refractivity contribution in [2.45, 2.75) is 31.8 Å². The van der Waals surface area contributed by atoms with Gasteiger partial charge < -0.3 is 25.5 Å². The summed E-state index contributed by atoms with van der Waals surface area (Å²) in [7, 11) is 1.90. The molecule has 3 heterocycles. The van der Waals surface area contributed by atoms with Crippen molar-refractivity contribution in [2.24, 2.45) is 0 Å². The Morgan fingerprint density at radius 2 is 2.12 bits per heavy atom. The number of amides is 1. The van der Waals surface area contributed by atoms with Gasteiger partial charge in [-0.3, -0.25) is 4.79 Å². The Hall–Kier alpha value is -1.93. The normalized spacial score (nSPS) is 19.2. The van der Waals surface area contributed by atoms with Crippen molar-refractivity contribution in [3.63, 3.8) is 0 Å². The summed E-state index contributed by atoms with van der Waals surface area (Å²) in [6.45, 7) is 3.55. The van der Waals surface area contributed by atoms with Crippen LogP contribution in [-0.4, -0.2) is 71.8 Å². The predicted octanol–water partition coefficient (Wildman–Crippen LogP) is -0.199. The molecule has 0 radical (unpaired) electrons. The minimum atomic E-state index is 0.139. The molecular formula is C16H26N6O2. The Kier molecular flexibility index (Phi) is 5.47. The Morgan fingerprint density at radius 1 is 1.33 bits per heavy atom. The molecule has 1 saturated heterocycles. The molecule has 0 aliphatic carbocycles. The first-order valence-corrected chi connectivity index (χ1v) is 8.60. The average Bonchev–Trinajstić information content (AvgIpc) is 2.73. The molecule has 1 aromatic rings. The topological polar surface area (TPSA) is 93.6 Å². The van der Waals surface area contributed by atoms with Crippen molar-refractivity contribution in [2.75, 3.05) is 50.1 Å². The van der Waals surface area contributed by atoms with Crippen LogP contribution in [0.4, 0.5) is 11.6 Å². The summed E-state index contributed by atoms with van der Waals surface area (Å²) in [6, 6.07) is 0.267. The number of nitrogens with zero attached hydrogens (tertiary/aromatic N) is 4. The van der Waals surface area contributed by atoms with Gasteiger partial charge in [0.15, 0.2) is 0 Å². The van der Waals surface area contributed by atoms with E-state index >= 15 is 0 Å². The quantitative estimate of drug-likeness (QED) is 0.642. The van der Waals surface area contributed by atoms with Crippen LogP contribution < -0.4 is 15.5 Å². The fourth-order valence-electron chi connectivity index (χ4n) is 3.39. The van der Waals surface area contributed by atoms with Crippen LogP contribution >= 0.6 is 0 Å². The molecule has 0 aromatic carbocycles. The summed E-state index contributed by atoms with van der Waals surface area (Å²) in [5.74, 6) is 1.71. The zero-order valence-corrected chi connectivity index (χ0v) is 14.2. The van der Waals surface area contributed by atoms with Crippen molar-refractivity contribution < 1.29 is 9.90 Å². The number of carbonyl (C=O) groups excluding carboxylic acids is 1. The highest BCUT2D eigenvalue weighted by atomic mass is 16.3. The molecule has 8 nitrogen and oxygen atoms in total. The number of fused-ring (bicyclic) bond motifs is 1. The van der Waals surface area contributed by atoms with Crippen molar-refractivity contribution >= 4 is 17.5 Å². The van der Waals surface area contributed by atoms with Crippen LogP contribution in [0.2, 0.25) is 0 Å². The first-order valence-electron chi connectivity index (χ1n) is 8.60. The molecule has 0 atom stereocenters. The molecule has 24 heavy (non-hydrogen) atoms. The number of aliphatic hydroxyl groups excluding tert-OH is 1. The second kappa shape index (κ2) is 7.76. The number of hydrogen-bond acceptors (Lipinski definition) is 7. The number of nitrogens with one attached hydrogen (secondary N) is 2. The molecule has 8 heteroatoms. The van der Waals surface area contributed by atoms with Crippen LogP contribution in [0.15, 0.2) is 6.33 Å². The zero-order chi connectivity index (χ0) is 16.9. The van der Waals surface area contributed by atoms with E-state index in [4.69, 9.17) is 5.11 Å². The Bertz CT molecular complexity index is 576. The smallest absolute Gasteiger partial charge is 0.242 e. The van der Waals surface area contributed by atoms with Crippen LogP contribution in [-0.2, 0) is 11.3 Å². The summed E-state index contributed by atoms with van der Waals surface area (Å²) in [4.78, 5) is 25.4. The lowest BCUT2D eigenvalue weighted by Gasteiger charge is -2.34. The van der Waals surface area contributed by atoms with Gasteiger partial charge in [0, 0.05) is 26.2 Å². The third-order valence-corrected chi connectivity index (χ3v) is 4.68. The highest BCUT2D eigenvalue weighted by Gasteiger charge is 2.32. The first-order chi connectivity index (χ1) is 11.7. The maximum atomic E-state index is 12.7. The van der Waals surface area contributed by atoms with E-state index in [1.807, 2.05) is 16.8 Å². The van der Waals surface area contributed by atoms with Gasteiger partial charge >= 0.3 is 0 Å². The molecule has 2 aliphatic heterocycles. The van der Waals surface area contributed by atoms with Crippen molar-refractivity contribution in [3.8, 4) is 0 Å². The highest BCUT2D eigenvalue weighted by molar-refractivity contribution is 5.83. The molecule has 0 unspecified atom stereocenters. The van der Waals surface area contributed by atoms with E-state index in [-0.39, 0.29) is 18.6 Å². The molecular weight excluding hydrogens is 308 g/mol. The predicted molar refractivity (Wildman–Crippen MR) is 91.9 cm³/mol. The minimum absolute atomic E-state index is 0.139. The van der Waals surface area contributed by atoms with E-state index < -0.39 is 0 Å². The van der Waals surface area contributed by atoms with Gasteiger partial charge in [-0.15, -0.1) is 0 Å². The molecule has 3 N–H and O–H groups in total. The van der Waals surface area contributed by atoms with Gasteiger partial charge in [-0.1, -0.05) is 0 Å². The fraction of sp³-hybridized carbons (Fsp3) is 0.688. The zero-order valence-electron chi connectivity index (χ0n) is 14.2. The number of aromatic nitrogens is 2. The number of rotatable bonds is 5. The number of piperidine rings is 1. The molecule has 3 rings (SSSR count). The summed E-state index contributed by atoms with van der Waals surface area (Å²) < 4.78 is 0. The Labute approximate surface area is 142 Å². The van der Waals surface area contributed by atoms with Crippen LogP contribution in [0.3, 0.4) is 0 Å². The van der Waals surface area contributed by atoms with Crippen LogP contribution in [0.25, 0.3) is 0 Å². The molecule has 2 aliphatic rings. The molecule has 1 aromatic heterocycles. The molecule has 132 valence electrons. The van der Waals surface area contributed by atoms with Gasteiger partial charge in [-0.05, 0) is 32.4 Å². The van der Waals surface area contributed by atoms with Crippen molar-refractivity contribution in [1.82, 2.24) is 20.2 Å².